The van der Waals surface area contributed by atoms with Gasteiger partial charge in [-0.15, -0.1) is 0 Å². The minimum atomic E-state index is -1.26. The molecule has 5 rings (SSSR count). The van der Waals surface area contributed by atoms with Gasteiger partial charge in [0.1, 0.15) is 0 Å². The van der Waals surface area contributed by atoms with Crippen LogP contribution < -0.4 is 20.6 Å². The van der Waals surface area contributed by atoms with Gasteiger partial charge >= 0.3 is 0 Å². The zero-order valence-corrected chi connectivity index (χ0v) is 27.3. The minimum absolute atomic E-state index is 0.0921. The molecule has 4 aromatic rings. The number of nitrogens with one attached hydrogen (secondary N) is 1. The second-order valence-corrected chi connectivity index (χ2v) is 17.8. The summed E-state index contributed by atoms with van der Waals surface area (Å²) >= 11 is 0. The lowest BCUT2D eigenvalue weighted by molar-refractivity contribution is 0.331. The van der Waals surface area contributed by atoms with Gasteiger partial charge < -0.3 is 0 Å². The number of hydrogen-bond donors (Lipinski definition) is 1. The summed E-state index contributed by atoms with van der Waals surface area (Å²) in [5, 5.41) is 3.91. The first-order valence-corrected chi connectivity index (χ1v) is 17.2. The number of rotatable bonds is 7. The second-order valence-electron chi connectivity index (χ2n) is 13.6. The van der Waals surface area contributed by atoms with Crippen molar-refractivity contribution in [3.05, 3.63) is 125 Å². The summed E-state index contributed by atoms with van der Waals surface area (Å²) < 4.78 is 17.0. The Morgan fingerprint density at radius 1 is 0.707 bits per heavy atom. The van der Waals surface area contributed by atoms with Gasteiger partial charge in [0.15, 0.2) is 0 Å². The lowest BCUT2D eigenvalue weighted by atomic mass is 9.63. The summed E-state index contributed by atoms with van der Waals surface area (Å²) in [7, 11) is -2.08. The summed E-state index contributed by atoms with van der Waals surface area (Å²) in [5.41, 5.74) is 5.47. The summed E-state index contributed by atoms with van der Waals surface area (Å²) in [6.45, 7) is 15.6. The van der Waals surface area contributed by atoms with E-state index >= 15 is 0 Å². The molecule has 1 aliphatic carbocycles. The van der Waals surface area contributed by atoms with Gasteiger partial charge in [0.05, 0.1) is 21.8 Å². The molecule has 1 N–H and O–H groups in total. The average molecular weight is 582 g/mol. The Labute approximate surface area is 251 Å². The number of hydrogen-bond acceptors (Lipinski definition) is 1. The van der Waals surface area contributed by atoms with Crippen LogP contribution in [0.4, 0.5) is 0 Å². The van der Waals surface area contributed by atoms with E-state index in [1.807, 2.05) is 20.8 Å². The predicted octanol–water partition coefficient (Wildman–Crippen LogP) is 7.94. The molecule has 0 saturated heterocycles. The molecule has 0 amide bonds. The molecular formula is C37H44NOPS. The molecular weight excluding hydrogens is 537 g/mol. The first-order valence-electron chi connectivity index (χ1n) is 14.7. The Balaban J connectivity index is 1.72. The van der Waals surface area contributed by atoms with Gasteiger partial charge in [0.2, 0.25) is 0 Å². The van der Waals surface area contributed by atoms with Crippen LogP contribution in [-0.2, 0) is 21.8 Å². The number of fused-ring (bicyclic) bond motifs is 1. The van der Waals surface area contributed by atoms with Crippen molar-refractivity contribution in [2.75, 3.05) is 0 Å². The molecule has 0 saturated carbocycles. The van der Waals surface area contributed by atoms with Gasteiger partial charge in [-0.3, -0.25) is 0 Å². The van der Waals surface area contributed by atoms with Crippen molar-refractivity contribution >= 4 is 34.8 Å². The van der Waals surface area contributed by atoms with Crippen LogP contribution in [-0.4, -0.2) is 8.96 Å². The van der Waals surface area contributed by atoms with Gasteiger partial charge in [-0.05, 0) is 90.5 Å². The Bertz CT molecular complexity index is 1480. The highest BCUT2D eigenvalue weighted by Crippen LogP contribution is 2.47. The van der Waals surface area contributed by atoms with Gasteiger partial charge in [-0.2, -0.15) is 0 Å². The molecule has 0 aromatic heterocycles. The van der Waals surface area contributed by atoms with Crippen molar-refractivity contribution in [2.24, 2.45) is 0 Å². The Morgan fingerprint density at radius 2 is 1.22 bits per heavy atom. The van der Waals surface area contributed by atoms with Crippen LogP contribution in [0.1, 0.15) is 89.6 Å². The molecule has 0 unspecified atom stereocenters. The fourth-order valence-electron chi connectivity index (χ4n) is 5.90. The molecule has 0 spiro atoms. The van der Waals surface area contributed by atoms with E-state index in [0.29, 0.717) is 0 Å². The molecule has 0 fully saturated rings. The van der Waals surface area contributed by atoms with Crippen molar-refractivity contribution in [3.63, 3.8) is 0 Å². The topological polar surface area (TPSA) is 29.1 Å². The van der Waals surface area contributed by atoms with Crippen LogP contribution in [0, 0.1) is 0 Å². The van der Waals surface area contributed by atoms with Gasteiger partial charge in [0.25, 0.3) is 0 Å². The van der Waals surface area contributed by atoms with E-state index in [4.69, 9.17) is 0 Å². The van der Waals surface area contributed by atoms with Crippen LogP contribution in [0.25, 0.3) is 0 Å². The summed E-state index contributed by atoms with van der Waals surface area (Å²) in [6, 6.07) is 37.3. The third-order valence-corrected chi connectivity index (χ3v) is 12.6. The van der Waals surface area contributed by atoms with Crippen LogP contribution >= 0.6 is 7.92 Å². The van der Waals surface area contributed by atoms with Crippen LogP contribution in [0.15, 0.2) is 103 Å². The molecule has 0 heterocycles. The fraction of sp³-hybridized carbons (Fsp3) is 0.351. The largest absolute Gasteiger partial charge is 0.242 e. The molecule has 4 heteroatoms. The highest BCUT2D eigenvalue weighted by atomic mass is 32.2. The van der Waals surface area contributed by atoms with Crippen molar-refractivity contribution in [1.29, 1.82) is 0 Å². The van der Waals surface area contributed by atoms with E-state index in [2.05, 4.69) is 136 Å². The first-order chi connectivity index (χ1) is 19.4. The second kappa shape index (κ2) is 11.6. The van der Waals surface area contributed by atoms with Crippen molar-refractivity contribution in [3.8, 4) is 0 Å². The molecule has 0 bridgehead atoms. The van der Waals surface area contributed by atoms with Gasteiger partial charge in [0, 0.05) is 0 Å². The Hall–Kier alpha value is -2.58. The molecule has 1 aliphatic rings. The normalized spacial score (nSPS) is 17.6. The zero-order chi connectivity index (χ0) is 29.4. The van der Waals surface area contributed by atoms with E-state index in [1.54, 1.807) is 0 Å². The zero-order valence-electron chi connectivity index (χ0n) is 25.6. The molecule has 0 radical (unpaired) electrons. The lowest BCUT2D eigenvalue weighted by Gasteiger charge is -2.42. The van der Waals surface area contributed by atoms with E-state index in [1.165, 1.54) is 44.6 Å². The van der Waals surface area contributed by atoms with E-state index in [9.17, 15) is 4.21 Å². The maximum absolute atomic E-state index is 13.8. The highest BCUT2D eigenvalue weighted by molar-refractivity contribution is 7.84. The van der Waals surface area contributed by atoms with Crippen LogP contribution in [0.5, 0.6) is 0 Å². The molecule has 4 aromatic carbocycles. The molecule has 0 aliphatic heterocycles. The average Bonchev–Trinajstić information content (AvgIpc) is 2.95. The smallest absolute Gasteiger partial charge is 0.0979 e. The minimum Gasteiger partial charge on any atom is -0.242 e. The number of benzene rings is 4. The summed E-state index contributed by atoms with van der Waals surface area (Å²) in [5.74, 6) is 0. The lowest BCUT2D eigenvalue weighted by Crippen LogP contribution is -2.39. The predicted molar refractivity (Wildman–Crippen MR) is 180 cm³/mol. The third kappa shape index (κ3) is 6.29. The Morgan fingerprint density at radius 3 is 1.78 bits per heavy atom. The maximum atomic E-state index is 13.8. The van der Waals surface area contributed by atoms with Gasteiger partial charge in [-0.25, -0.2) is 8.93 Å². The van der Waals surface area contributed by atoms with Crippen molar-refractivity contribution in [1.82, 2.24) is 4.72 Å². The standard InChI is InChI=1S/C37H44NOPS/c1-35(2,3)41(39)38-34(27-22-23-31-32(26-27)37(6,7)25-24-36(31,4)5)30-20-14-15-21-33(30)40(28-16-10-8-11-17-28)29-18-12-9-13-19-29/h8-23,26,34,38H,24-25H2,1-7H3/t34-,41-/m1/s1. The molecule has 2 atom stereocenters. The van der Waals surface area contributed by atoms with Crippen LogP contribution in [0.2, 0.25) is 0 Å². The van der Waals surface area contributed by atoms with Gasteiger partial charge in [-0.1, -0.05) is 131 Å². The highest BCUT2D eigenvalue weighted by Gasteiger charge is 2.38. The third-order valence-electron chi connectivity index (χ3n) is 8.51. The molecule has 214 valence electrons. The quantitative estimate of drug-likeness (QED) is 0.221. The van der Waals surface area contributed by atoms with Crippen molar-refractivity contribution in [2.45, 2.75) is 82.9 Å². The van der Waals surface area contributed by atoms with Crippen LogP contribution in [0.3, 0.4) is 0 Å². The van der Waals surface area contributed by atoms with E-state index < -0.39 is 23.7 Å². The first kappa shape index (κ1) is 29.9. The fourth-order valence-corrected chi connectivity index (χ4v) is 9.22. The molecule has 2 nitrogen and oxygen atoms in total. The summed E-state index contributed by atoms with van der Waals surface area (Å²) in [6.07, 6.45) is 2.34. The van der Waals surface area contributed by atoms with E-state index in [-0.39, 0.29) is 16.9 Å². The maximum Gasteiger partial charge on any atom is 0.0979 e. The monoisotopic (exact) mass is 581 g/mol. The molecule has 41 heavy (non-hydrogen) atoms. The SMILES string of the molecule is CC1(C)CCC(C)(C)c2cc([C@@H](N[S@](=O)C(C)(C)C)c3ccccc3P(c3ccccc3)c3ccccc3)ccc21. The van der Waals surface area contributed by atoms with E-state index in [0.717, 1.165) is 6.42 Å². The van der Waals surface area contributed by atoms with Crippen molar-refractivity contribution < 1.29 is 4.21 Å². The Kier molecular flexibility index (Phi) is 8.46. The summed E-state index contributed by atoms with van der Waals surface area (Å²) in [4.78, 5) is 0.